The first-order chi connectivity index (χ1) is 11.9. The zero-order valence-electron chi connectivity index (χ0n) is 16.3. The Kier molecular flexibility index (Phi) is 5.89. The molecule has 0 saturated carbocycles. The number of benzene rings is 2. The van der Waals surface area contributed by atoms with Crippen LogP contribution in [0.5, 0.6) is 0 Å². The van der Waals surface area contributed by atoms with E-state index < -0.39 is 17.5 Å². The van der Waals surface area contributed by atoms with Crippen molar-refractivity contribution in [1.29, 1.82) is 0 Å². The molecule has 0 nitrogen and oxygen atoms in total. The van der Waals surface area contributed by atoms with E-state index in [1.807, 2.05) is 24.3 Å². The van der Waals surface area contributed by atoms with Crippen LogP contribution in [-0.2, 0) is 12.8 Å². The quantitative estimate of drug-likeness (QED) is 0.528. The maximum Gasteiger partial charge on any atom is 0.396 e. The standard InChI is InChI=1S/C23H29F3/c1-21(2,3)20(23(24,25)26)19-13-9-12-18(14-19)16-22(4,5)15-17-10-7-6-8-11-17/h6-14,20H,15-16H2,1-5H3. The van der Waals surface area contributed by atoms with Crippen molar-refractivity contribution < 1.29 is 13.2 Å². The van der Waals surface area contributed by atoms with Gasteiger partial charge in [-0.1, -0.05) is 89.2 Å². The Morgan fingerprint density at radius 2 is 1.27 bits per heavy atom. The smallest absolute Gasteiger partial charge is 0.170 e. The van der Waals surface area contributed by atoms with Crippen molar-refractivity contribution in [2.45, 2.75) is 59.6 Å². The summed E-state index contributed by atoms with van der Waals surface area (Å²) in [5.41, 5.74) is 1.66. The largest absolute Gasteiger partial charge is 0.396 e. The molecule has 0 heterocycles. The van der Waals surface area contributed by atoms with E-state index in [-0.39, 0.29) is 5.41 Å². The van der Waals surface area contributed by atoms with Crippen LogP contribution in [-0.4, -0.2) is 6.18 Å². The fourth-order valence-electron chi connectivity index (χ4n) is 3.83. The number of halogens is 3. The predicted molar refractivity (Wildman–Crippen MR) is 102 cm³/mol. The fraction of sp³-hybridized carbons (Fsp3) is 0.478. The first kappa shape index (κ1) is 20.5. The van der Waals surface area contributed by atoms with E-state index in [1.54, 1.807) is 39.0 Å². The molecule has 0 aromatic heterocycles. The van der Waals surface area contributed by atoms with Gasteiger partial charge in [-0.2, -0.15) is 13.2 Å². The number of hydrogen-bond donors (Lipinski definition) is 0. The van der Waals surface area contributed by atoms with Crippen LogP contribution in [0, 0.1) is 10.8 Å². The lowest BCUT2D eigenvalue weighted by molar-refractivity contribution is -0.171. The first-order valence-electron chi connectivity index (χ1n) is 9.08. The summed E-state index contributed by atoms with van der Waals surface area (Å²) in [6, 6.07) is 17.3. The van der Waals surface area contributed by atoms with Crippen molar-refractivity contribution in [2.75, 3.05) is 0 Å². The van der Waals surface area contributed by atoms with Crippen LogP contribution in [0.2, 0.25) is 0 Å². The summed E-state index contributed by atoms with van der Waals surface area (Å²) in [4.78, 5) is 0. The van der Waals surface area contributed by atoms with Crippen LogP contribution in [0.3, 0.4) is 0 Å². The van der Waals surface area contributed by atoms with Gasteiger partial charge in [-0.05, 0) is 40.4 Å². The molecule has 0 amide bonds. The summed E-state index contributed by atoms with van der Waals surface area (Å²) < 4.78 is 41.0. The van der Waals surface area contributed by atoms with Crippen molar-refractivity contribution in [3.8, 4) is 0 Å². The van der Waals surface area contributed by atoms with E-state index in [1.165, 1.54) is 5.56 Å². The van der Waals surface area contributed by atoms with Gasteiger partial charge in [0.15, 0.2) is 0 Å². The molecule has 0 saturated heterocycles. The molecular weight excluding hydrogens is 333 g/mol. The zero-order chi connectivity index (χ0) is 19.6. The average Bonchev–Trinajstić information content (AvgIpc) is 2.44. The van der Waals surface area contributed by atoms with Gasteiger partial charge in [0.2, 0.25) is 0 Å². The minimum Gasteiger partial charge on any atom is -0.170 e. The first-order valence-corrected chi connectivity index (χ1v) is 9.08. The van der Waals surface area contributed by atoms with Gasteiger partial charge in [-0.15, -0.1) is 0 Å². The predicted octanol–water partition coefficient (Wildman–Crippen LogP) is 7.19. The summed E-state index contributed by atoms with van der Waals surface area (Å²) >= 11 is 0. The van der Waals surface area contributed by atoms with E-state index in [9.17, 15) is 13.2 Å². The molecule has 142 valence electrons. The molecule has 0 aliphatic heterocycles. The lowest BCUT2D eigenvalue weighted by Gasteiger charge is -2.33. The van der Waals surface area contributed by atoms with Crippen molar-refractivity contribution in [2.24, 2.45) is 10.8 Å². The lowest BCUT2D eigenvalue weighted by atomic mass is 9.74. The molecule has 1 unspecified atom stereocenters. The second-order valence-electron chi connectivity index (χ2n) is 9.09. The van der Waals surface area contributed by atoms with E-state index in [0.717, 1.165) is 18.4 Å². The second-order valence-corrected chi connectivity index (χ2v) is 9.09. The highest BCUT2D eigenvalue weighted by Crippen LogP contribution is 2.47. The minimum absolute atomic E-state index is 0.0323. The molecule has 0 bridgehead atoms. The summed E-state index contributed by atoms with van der Waals surface area (Å²) in [6.45, 7) is 9.28. The molecule has 2 rings (SSSR count). The molecule has 0 aliphatic rings. The summed E-state index contributed by atoms with van der Waals surface area (Å²) in [7, 11) is 0. The van der Waals surface area contributed by atoms with Crippen LogP contribution < -0.4 is 0 Å². The highest BCUT2D eigenvalue weighted by Gasteiger charge is 2.47. The monoisotopic (exact) mass is 362 g/mol. The molecule has 1 atom stereocenters. The molecule has 26 heavy (non-hydrogen) atoms. The zero-order valence-corrected chi connectivity index (χ0v) is 16.3. The number of alkyl halides is 3. The Hall–Kier alpha value is -1.77. The topological polar surface area (TPSA) is 0 Å². The van der Waals surface area contributed by atoms with Gasteiger partial charge in [0.25, 0.3) is 0 Å². The van der Waals surface area contributed by atoms with Crippen molar-refractivity contribution in [3.63, 3.8) is 0 Å². The SMILES string of the molecule is CC(C)(Cc1ccccc1)Cc1cccc(C(C(C)(C)C)C(F)(F)F)c1. The highest BCUT2D eigenvalue weighted by molar-refractivity contribution is 5.30. The third kappa shape index (κ3) is 5.62. The molecule has 0 radical (unpaired) electrons. The molecule has 0 spiro atoms. The van der Waals surface area contributed by atoms with Crippen molar-refractivity contribution >= 4 is 0 Å². The number of hydrogen-bond acceptors (Lipinski definition) is 0. The molecule has 2 aromatic carbocycles. The van der Waals surface area contributed by atoms with E-state index in [0.29, 0.717) is 5.56 Å². The molecule has 3 heteroatoms. The van der Waals surface area contributed by atoms with E-state index >= 15 is 0 Å². The fourth-order valence-corrected chi connectivity index (χ4v) is 3.83. The Labute approximate surface area is 155 Å². The van der Waals surface area contributed by atoms with E-state index in [4.69, 9.17) is 0 Å². The van der Waals surface area contributed by atoms with Gasteiger partial charge in [0.1, 0.15) is 0 Å². The lowest BCUT2D eigenvalue weighted by Crippen LogP contribution is -2.32. The van der Waals surface area contributed by atoms with Gasteiger partial charge in [0, 0.05) is 0 Å². The number of rotatable bonds is 5. The third-order valence-electron chi connectivity index (χ3n) is 4.69. The molecule has 0 N–H and O–H groups in total. The Balaban J connectivity index is 2.25. The Morgan fingerprint density at radius 3 is 1.81 bits per heavy atom. The molecule has 0 aliphatic carbocycles. The van der Waals surface area contributed by atoms with Crippen molar-refractivity contribution in [3.05, 3.63) is 71.3 Å². The van der Waals surface area contributed by atoms with Crippen LogP contribution >= 0.6 is 0 Å². The third-order valence-corrected chi connectivity index (χ3v) is 4.69. The molecule has 2 aromatic rings. The second kappa shape index (κ2) is 7.46. The van der Waals surface area contributed by atoms with Gasteiger partial charge < -0.3 is 0 Å². The normalized spacial score (nSPS) is 14.3. The van der Waals surface area contributed by atoms with Crippen molar-refractivity contribution in [1.82, 2.24) is 0 Å². The van der Waals surface area contributed by atoms with Gasteiger partial charge >= 0.3 is 6.18 Å². The Bertz CT molecular complexity index is 692. The van der Waals surface area contributed by atoms with Gasteiger partial charge in [-0.25, -0.2) is 0 Å². The highest BCUT2D eigenvalue weighted by atomic mass is 19.4. The van der Waals surface area contributed by atoms with Crippen LogP contribution in [0.1, 0.15) is 57.2 Å². The Morgan fingerprint density at radius 1 is 0.731 bits per heavy atom. The summed E-state index contributed by atoms with van der Waals surface area (Å²) in [5, 5.41) is 0. The molecule has 0 fully saturated rings. The van der Waals surface area contributed by atoms with Crippen LogP contribution in [0.15, 0.2) is 54.6 Å². The van der Waals surface area contributed by atoms with Crippen LogP contribution in [0.4, 0.5) is 13.2 Å². The van der Waals surface area contributed by atoms with E-state index in [2.05, 4.69) is 26.0 Å². The maximum absolute atomic E-state index is 13.7. The summed E-state index contributed by atoms with van der Waals surface area (Å²) in [6.07, 6.45) is -2.62. The average molecular weight is 362 g/mol. The van der Waals surface area contributed by atoms with Gasteiger partial charge in [-0.3, -0.25) is 0 Å². The van der Waals surface area contributed by atoms with Crippen LogP contribution in [0.25, 0.3) is 0 Å². The maximum atomic E-state index is 13.7. The summed E-state index contributed by atoms with van der Waals surface area (Å²) in [5.74, 6) is -1.47. The van der Waals surface area contributed by atoms with Gasteiger partial charge in [0.05, 0.1) is 5.92 Å². The minimum atomic E-state index is -4.25. The molecular formula is C23H29F3.